The van der Waals surface area contributed by atoms with E-state index >= 15 is 0 Å². The van der Waals surface area contributed by atoms with E-state index in [0.29, 0.717) is 0 Å². The van der Waals surface area contributed by atoms with Crippen LogP contribution in [-0.4, -0.2) is 30.9 Å². The zero-order valence-electron chi connectivity index (χ0n) is 10.3. The van der Waals surface area contributed by atoms with Crippen LogP contribution in [0.2, 0.25) is 0 Å². The summed E-state index contributed by atoms with van der Waals surface area (Å²) in [5.41, 5.74) is 8.86. The van der Waals surface area contributed by atoms with Crippen molar-refractivity contribution in [2.75, 3.05) is 20.1 Å². The molecule has 0 aromatic heterocycles. The predicted octanol–water partition coefficient (Wildman–Crippen LogP) is 1.72. The fraction of sp³-hybridized carbons (Fsp3) is 0.500. The van der Waals surface area contributed by atoms with Gasteiger partial charge in [-0.05, 0) is 24.8 Å². The van der Waals surface area contributed by atoms with Gasteiger partial charge in [0, 0.05) is 24.7 Å². The summed E-state index contributed by atoms with van der Waals surface area (Å²) in [6.45, 7) is 1.92. The molecule has 1 aromatic rings. The molecule has 0 amide bonds. The normalized spacial score (nSPS) is 22.2. The zero-order valence-corrected chi connectivity index (χ0v) is 10.3. The maximum absolute atomic E-state index is 6.46. The molecule has 1 heterocycles. The van der Waals surface area contributed by atoms with Gasteiger partial charge in [-0.1, -0.05) is 24.3 Å². The van der Waals surface area contributed by atoms with Crippen molar-refractivity contribution < 1.29 is 0 Å². The highest BCUT2D eigenvalue weighted by Crippen LogP contribution is 2.40. The van der Waals surface area contributed by atoms with Crippen LogP contribution in [0, 0.1) is 0 Å². The number of likely N-dealkylation sites (N-methyl/N-ethyl adjacent to an activating group) is 1. The first-order chi connectivity index (χ1) is 8.21. The number of nitrogens with zero attached hydrogens (tertiary/aromatic N) is 2. The van der Waals surface area contributed by atoms with Crippen LogP contribution in [0.1, 0.15) is 30.4 Å². The van der Waals surface area contributed by atoms with Gasteiger partial charge in [0.2, 0.25) is 0 Å². The van der Waals surface area contributed by atoms with Crippen molar-refractivity contribution in [1.82, 2.24) is 4.90 Å². The summed E-state index contributed by atoms with van der Waals surface area (Å²) < 4.78 is 0. The fourth-order valence-electron chi connectivity index (χ4n) is 2.76. The largest absolute Gasteiger partial charge is 0.358 e. The van der Waals surface area contributed by atoms with Gasteiger partial charge in [-0.3, -0.25) is 4.99 Å². The van der Waals surface area contributed by atoms with Crippen molar-refractivity contribution in [2.45, 2.75) is 24.8 Å². The number of rotatable bonds is 2. The minimum Gasteiger partial charge on any atom is -0.358 e. The Hall–Kier alpha value is -1.35. The van der Waals surface area contributed by atoms with Crippen LogP contribution >= 0.6 is 0 Å². The summed E-state index contributed by atoms with van der Waals surface area (Å²) in [6.07, 6.45) is 3.44. The van der Waals surface area contributed by atoms with Gasteiger partial charge >= 0.3 is 0 Å². The van der Waals surface area contributed by atoms with Gasteiger partial charge in [-0.25, -0.2) is 0 Å². The van der Waals surface area contributed by atoms with Gasteiger partial charge in [-0.15, -0.1) is 0 Å². The second-order valence-electron chi connectivity index (χ2n) is 5.18. The molecule has 0 atom stereocenters. The first-order valence-electron chi connectivity index (χ1n) is 6.35. The van der Waals surface area contributed by atoms with Crippen LogP contribution in [0.15, 0.2) is 29.3 Å². The van der Waals surface area contributed by atoms with Crippen molar-refractivity contribution in [3.8, 4) is 0 Å². The summed E-state index contributed by atoms with van der Waals surface area (Å²) in [6, 6.07) is 8.49. The minimum atomic E-state index is -0.109. The van der Waals surface area contributed by atoms with Gasteiger partial charge in [0.15, 0.2) is 0 Å². The zero-order chi connectivity index (χ0) is 11.9. The SMILES string of the molecule is CN1CCN=C1c1ccccc1C1(N)CCC1. The van der Waals surface area contributed by atoms with Crippen LogP contribution in [0.4, 0.5) is 0 Å². The molecular weight excluding hydrogens is 210 g/mol. The molecule has 0 radical (unpaired) electrons. The molecular formula is C14H19N3. The van der Waals surface area contributed by atoms with Crippen molar-refractivity contribution in [2.24, 2.45) is 10.7 Å². The molecule has 1 aliphatic carbocycles. The number of nitrogens with two attached hydrogens (primary N) is 1. The van der Waals surface area contributed by atoms with Gasteiger partial charge in [0.25, 0.3) is 0 Å². The lowest BCUT2D eigenvalue weighted by atomic mass is 9.71. The molecule has 0 spiro atoms. The summed E-state index contributed by atoms with van der Waals surface area (Å²) in [4.78, 5) is 6.83. The Morgan fingerprint density at radius 1 is 1.29 bits per heavy atom. The van der Waals surface area contributed by atoms with Crippen molar-refractivity contribution in [1.29, 1.82) is 0 Å². The van der Waals surface area contributed by atoms with Crippen LogP contribution in [-0.2, 0) is 5.54 Å². The lowest BCUT2D eigenvalue weighted by Gasteiger charge is -2.40. The third-order valence-electron chi connectivity index (χ3n) is 4.01. The molecule has 3 nitrogen and oxygen atoms in total. The minimum absolute atomic E-state index is 0.109. The molecule has 1 aromatic carbocycles. The van der Waals surface area contributed by atoms with E-state index in [4.69, 9.17) is 5.73 Å². The van der Waals surface area contributed by atoms with Crippen LogP contribution in [0.25, 0.3) is 0 Å². The number of amidine groups is 1. The molecule has 1 aliphatic heterocycles. The van der Waals surface area contributed by atoms with Gasteiger partial charge in [0.1, 0.15) is 5.84 Å². The van der Waals surface area contributed by atoms with E-state index in [0.717, 1.165) is 31.8 Å². The molecule has 3 rings (SSSR count). The average molecular weight is 229 g/mol. The second kappa shape index (κ2) is 3.84. The third-order valence-corrected chi connectivity index (χ3v) is 4.01. The van der Waals surface area contributed by atoms with E-state index in [1.807, 2.05) is 0 Å². The Morgan fingerprint density at radius 2 is 2.06 bits per heavy atom. The van der Waals surface area contributed by atoms with Crippen LogP contribution in [0.3, 0.4) is 0 Å². The van der Waals surface area contributed by atoms with E-state index in [1.165, 1.54) is 17.5 Å². The molecule has 2 N–H and O–H groups in total. The smallest absolute Gasteiger partial charge is 0.131 e. The van der Waals surface area contributed by atoms with E-state index in [1.54, 1.807) is 0 Å². The number of hydrogen-bond acceptors (Lipinski definition) is 3. The standard InChI is InChI=1S/C14H19N3/c1-17-10-9-16-13(17)11-5-2-3-6-12(11)14(15)7-4-8-14/h2-3,5-6H,4,7-10,15H2,1H3. The molecule has 1 fully saturated rings. The molecule has 0 bridgehead atoms. The average Bonchev–Trinajstić information content (AvgIpc) is 2.72. The lowest BCUT2D eigenvalue weighted by molar-refractivity contribution is 0.253. The Bertz CT molecular complexity index is 460. The number of aliphatic imine (C=N–C) groups is 1. The monoisotopic (exact) mass is 229 g/mol. The molecule has 2 aliphatic rings. The summed E-state index contributed by atoms with van der Waals surface area (Å²) >= 11 is 0. The highest BCUT2D eigenvalue weighted by Gasteiger charge is 2.37. The van der Waals surface area contributed by atoms with Crippen molar-refractivity contribution >= 4 is 5.84 Å². The summed E-state index contributed by atoms with van der Waals surface area (Å²) in [5.74, 6) is 1.11. The van der Waals surface area contributed by atoms with Gasteiger partial charge in [-0.2, -0.15) is 0 Å². The van der Waals surface area contributed by atoms with Crippen LogP contribution in [0.5, 0.6) is 0 Å². The second-order valence-corrected chi connectivity index (χ2v) is 5.18. The Morgan fingerprint density at radius 3 is 2.65 bits per heavy atom. The molecule has 17 heavy (non-hydrogen) atoms. The summed E-state index contributed by atoms with van der Waals surface area (Å²) in [5, 5.41) is 0. The maximum Gasteiger partial charge on any atom is 0.131 e. The first-order valence-corrected chi connectivity index (χ1v) is 6.35. The van der Waals surface area contributed by atoms with E-state index in [9.17, 15) is 0 Å². The topological polar surface area (TPSA) is 41.6 Å². The highest BCUT2D eigenvalue weighted by atomic mass is 15.2. The molecule has 3 heteroatoms. The molecule has 0 saturated heterocycles. The predicted molar refractivity (Wildman–Crippen MR) is 70.2 cm³/mol. The van der Waals surface area contributed by atoms with E-state index < -0.39 is 0 Å². The van der Waals surface area contributed by atoms with Crippen LogP contribution < -0.4 is 5.73 Å². The first kappa shape index (κ1) is 10.8. The van der Waals surface area contributed by atoms with Crippen molar-refractivity contribution in [3.05, 3.63) is 35.4 Å². The Balaban J connectivity index is 2.05. The van der Waals surface area contributed by atoms with Gasteiger partial charge < -0.3 is 10.6 Å². The van der Waals surface area contributed by atoms with Gasteiger partial charge in [0.05, 0.1) is 6.54 Å². The molecule has 90 valence electrons. The van der Waals surface area contributed by atoms with E-state index in [-0.39, 0.29) is 5.54 Å². The quantitative estimate of drug-likeness (QED) is 0.839. The molecule has 1 saturated carbocycles. The lowest BCUT2D eigenvalue weighted by Crippen LogP contribution is -2.45. The summed E-state index contributed by atoms with van der Waals surface area (Å²) in [7, 11) is 2.10. The fourth-order valence-corrected chi connectivity index (χ4v) is 2.76. The third kappa shape index (κ3) is 1.65. The number of hydrogen-bond donors (Lipinski definition) is 1. The number of benzene rings is 1. The van der Waals surface area contributed by atoms with E-state index in [2.05, 4.69) is 41.2 Å². The van der Waals surface area contributed by atoms with Crippen molar-refractivity contribution in [3.63, 3.8) is 0 Å². The Labute approximate surface area is 102 Å². The molecule has 0 unspecified atom stereocenters. The highest BCUT2D eigenvalue weighted by molar-refractivity contribution is 6.01. The maximum atomic E-state index is 6.46. The Kier molecular flexibility index (Phi) is 2.44.